The second-order valence-corrected chi connectivity index (χ2v) is 38.6. The maximum absolute atomic E-state index is 14.6. The molecule has 4 heterocycles. The molecule has 113 heavy (non-hydrogen) atoms. The minimum Gasteiger partial charge on any atom is -0.481 e. The topological polar surface area (TPSA) is 534 Å². The molecule has 32 nitrogen and oxygen atoms in total. The van der Waals surface area contributed by atoms with Crippen LogP contribution < -0.4 is 0 Å². The van der Waals surface area contributed by atoms with Crippen LogP contribution >= 0.6 is 0 Å². The van der Waals surface area contributed by atoms with Crippen LogP contribution in [0.4, 0.5) is 0 Å². The predicted molar refractivity (Wildman–Crippen MR) is 381 cm³/mol. The van der Waals surface area contributed by atoms with Gasteiger partial charge in [0, 0.05) is 28.9 Å². The molecule has 0 spiro atoms. The summed E-state index contributed by atoms with van der Waals surface area (Å²) in [5.41, 5.74) is -1.94. The molecule has 0 aromatic heterocycles. The van der Waals surface area contributed by atoms with E-state index in [1.165, 1.54) is 0 Å². The van der Waals surface area contributed by atoms with Crippen LogP contribution in [0.15, 0.2) is 23.3 Å². The first-order chi connectivity index (χ1) is 52.0. The van der Waals surface area contributed by atoms with E-state index in [1.54, 1.807) is 0 Å². The van der Waals surface area contributed by atoms with Crippen molar-refractivity contribution in [2.75, 3.05) is 0 Å². The third-order valence-corrected chi connectivity index (χ3v) is 32.7. The molecule has 16 N–H and O–H groups in total. The van der Waals surface area contributed by atoms with E-state index in [0.29, 0.717) is 64.2 Å². The first-order valence-electron chi connectivity index (χ1n) is 40.0. The summed E-state index contributed by atoms with van der Waals surface area (Å²) in [6, 6.07) is 0. The maximum atomic E-state index is 14.6. The Hall–Kier alpha value is -4.56. The van der Waals surface area contributed by atoms with Gasteiger partial charge in [-0.05, 0) is 221 Å². The van der Waals surface area contributed by atoms with Crippen molar-refractivity contribution >= 4 is 47.4 Å². The Morgan fingerprint density at radius 2 is 0.664 bits per heavy atom. The summed E-state index contributed by atoms with van der Waals surface area (Å²) in [7, 11) is 0. The van der Waals surface area contributed by atoms with Gasteiger partial charge in [-0.25, -0.2) is 19.2 Å². The monoisotopic (exact) mass is 1640 g/mol. The first-order valence-corrected chi connectivity index (χ1v) is 40.0. The number of carboxylic acids is 6. The van der Waals surface area contributed by atoms with Crippen molar-refractivity contribution in [1.29, 1.82) is 0 Å². The molecule has 4 saturated heterocycles. The summed E-state index contributed by atoms with van der Waals surface area (Å²) >= 11 is 0. The third kappa shape index (κ3) is 14.1. The van der Waals surface area contributed by atoms with Gasteiger partial charge in [0.1, 0.15) is 73.2 Å². The molecule has 0 radical (unpaired) electrons. The normalized spacial score (nSPS) is 52.6. The van der Waals surface area contributed by atoms with Gasteiger partial charge >= 0.3 is 35.8 Å². The molecule has 4 aliphatic heterocycles. The van der Waals surface area contributed by atoms with Gasteiger partial charge in [-0.2, -0.15) is 0 Å². The van der Waals surface area contributed by atoms with Gasteiger partial charge in [-0.1, -0.05) is 66.5 Å². The van der Waals surface area contributed by atoms with Crippen molar-refractivity contribution in [1.82, 2.24) is 0 Å². The Morgan fingerprint density at radius 1 is 0.363 bits per heavy atom. The minimum absolute atomic E-state index is 0. The van der Waals surface area contributed by atoms with Crippen LogP contribution in [-0.4, -0.2) is 264 Å². The second-order valence-electron chi connectivity index (χ2n) is 38.6. The van der Waals surface area contributed by atoms with Gasteiger partial charge in [0.2, 0.25) is 0 Å². The van der Waals surface area contributed by atoms with Crippen molar-refractivity contribution in [3.8, 4) is 0 Å². The SMILES string of the molecule is CC1(C(=O)O)CCC2(C)CCC3(C)C(=CC(=O)C4C5(C)CCC(OC6OC(C(=O)O)C(O)C(O)C6OC6OC(C(=O)O)C(O)C(O)C6O)CC5CCC43C)C2C1.CC1(C(=O)O)CCC2(C)CCC3(C)C(=CC(=O)C4C5(C)CCC(OC6OC(C(=O)O)C(O)C(O)C6OC6OC(C(=O)O)C(O)C(O)C6O)CC5CCC43C)C2C1.[Fe]. The zero-order valence-corrected chi connectivity index (χ0v) is 66.6. The number of carboxylic acid groups (broad SMARTS) is 6. The van der Waals surface area contributed by atoms with E-state index in [0.717, 1.165) is 75.4 Å². The number of aliphatic hydroxyl groups is 10. The molecule has 636 valence electrons. The number of fused-ring (bicyclic) bond motifs is 14. The smallest absolute Gasteiger partial charge is 0.335 e. The predicted octanol–water partition coefficient (Wildman–Crippen LogP) is 3.22. The standard InChI is InChI=1S/2C40H58O16.Fe/c2*1-36-10-11-37(2,35(51)52)16-20(36)19-15-21(41)30-38(3)8-7-18(14-17(38)6-9-40(30,5)39(19,4)13-12-36)53-34-29(25(45)24(44)28(55-34)32(49)50)56-33-26(46)22(42)23(43)27(54-33)31(47)48;/h2*15,17-18,20,22-30,33-34,42-46H,6-14,16H2,1-5H3,(H,47,48)(H,49,50)(H,51,52);. The summed E-state index contributed by atoms with van der Waals surface area (Å²) in [6.45, 7) is 21.6. The number of hydrogen-bond donors (Lipinski definition) is 16. The van der Waals surface area contributed by atoms with Gasteiger partial charge < -0.3 is 120 Å². The molecule has 12 fully saturated rings. The molecule has 14 aliphatic rings. The number of hydrogen-bond acceptors (Lipinski definition) is 26. The molecule has 0 amide bonds. The summed E-state index contributed by atoms with van der Waals surface area (Å²) in [5, 5.41) is 165. The van der Waals surface area contributed by atoms with E-state index in [4.69, 9.17) is 37.9 Å². The fourth-order valence-corrected chi connectivity index (χ4v) is 24.8. The molecule has 38 unspecified atom stereocenters. The van der Waals surface area contributed by atoms with Gasteiger partial charge in [-0.3, -0.25) is 19.2 Å². The van der Waals surface area contributed by atoms with E-state index in [2.05, 4.69) is 55.4 Å². The van der Waals surface area contributed by atoms with Crippen molar-refractivity contribution in [2.24, 2.45) is 89.7 Å². The van der Waals surface area contributed by atoms with Crippen LogP contribution in [0.3, 0.4) is 0 Å². The summed E-state index contributed by atoms with van der Waals surface area (Å²) in [6.07, 6.45) is -22.8. The number of ketones is 2. The van der Waals surface area contributed by atoms with E-state index in [9.17, 15) is 120 Å². The number of ether oxygens (including phenoxy) is 8. The van der Waals surface area contributed by atoms with Gasteiger partial charge in [0.25, 0.3) is 0 Å². The fourth-order valence-electron chi connectivity index (χ4n) is 24.8. The van der Waals surface area contributed by atoms with E-state index in [-0.39, 0.29) is 85.8 Å². The number of carbonyl (C=O) groups is 8. The molecule has 0 bridgehead atoms. The largest absolute Gasteiger partial charge is 0.481 e. The minimum atomic E-state index is -2.03. The molecule has 0 aromatic carbocycles. The number of rotatable bonds is 14. The second kappa shape index (κ2) is 30.6. The molecule has 0 aromatic rings. The Kier molecular flexibility index (Phi) is 23.8. The molecule has 33 heteroatoms. The van der Waals surface area contributed by atoms with E-state index >= 15 is 0 Å². The van der Waals surface area contributed by atoms with Gasteiger partial charge in [0.05, 0.1) is 23.0 Å². The average molecular weight is 1650 g/mol. The molecule has 10 aliphatic carbocycles. The van der Waals surface area contributed by atoms with Crippen molar-refractivity contribution in [3.63, 3.8) is 0 Å². The zero-order chi connectivity index (χ0) is 82.2. The van der Waals surface area contributed by atoms with Crippen molar-refractivity contribution in [3.05, 3.63) is 23.3 Å². The van der Waals surface area contributed by atoms with Crippen LogP contribution in [0.2, 0.25) is 0 Å². The average Bonchev–Trinajstić information content (AvgIpc) is 0.681. The fraction of sp³-hybridized carbons (Fsp3) is 0.850. The van der Waals surface area contributed by atoms with E-state index in [1.807, 2.05) is 26.0 Å². The first kappa shape index (κ1) is 87.7. The van der Waals surface area contributed by atoms with Crippen LogP contribution in [0, 0.1) is 89.7 Å². The van der Waals surface area contributed by atoms with E-state index < -0.39 is 203 Å². The molecular weight excluding hydrogens is 1530 g/mol. The molecule has 14 rings (SSSR count). The third-order valence-electron chi connectivity index (χ3n) is 32.7. The van der Waals surface area contributed by atoms with Gasteiger partial charge in [0.15, 0.2) is 61.1 Å². The molecule has 38 atom stereocenters. The Balaban J connectivity index is 0.000000208. The zero-order valence-electron chi connectivity index (χ0n) is 65.5. The summed E-state index contributed by atoms with van der Waals surface area (Å²) in [5.74, 6) is -8.63. The number of allylic oxidation sites excluding steroid dienone is 4. The number of aliphatic hydroxyl groups excluding tert-OH is 10. The number of carbonyl (C=O) groups excluding carboxylic acids is 2. The van der Waals surface area contributed by atoms with Crippen LogP contribution in [0.25, 0.3) is 0 Å². The summed E-state index contributed by atoms with van der Waals surface area (Å²) in [4.78, 5) is 102. The van der Waals surface area contributed by atoms with Crippen LogP contribution in [-0.2, 0) is 93.3 Å². The Bertz CT molecular complexity index is 3550. The van der Waals surface area contributed by atoms with Crippen LogP contribution in [0.5, 0.6) is 0 Å². The maximum Gasteiger partial charge on any atom is 0.335 e. The Morgan fingerprint density at radius 3 is 0.973 bits per heavy atom. The number of aliphatic carboxylic acids is 6. The quantitative estimate of drug-likeness (QED) is 0.0877. The van der Waals surface area contributed by atoms with Crippen molar-refractivity contribution < 1.29 is 175 Å². The molecule has 8 saturated carbocycles. The molecular formula is C80H116FeO32. The van der Waals surface area contributed by atoms with Crippen LogP contribution in [0.1, 0.15) is 198 Å². The van der Waals surface area contributed by atoms with Gasteiger partial charge in [-0.15, -0.1) is 0 Å². The summed E-state index contributed by atoms with van der Waals surface area (Å²) < 4.78 is 45.9. The Labute approximate surface area is 665 Å². The van der Waals surface area contributed by atoms with Crippen molar-refractivity contribution in [2.45, 2.75) is 333 Å².